The summed E-state index contributed by atoms with van der Waals surface area (Å²) >= 11 is 0. The van der Waals surface area contributed by atoms with Crippen LogP contribution in [0, 0.1) is 0 Å². The van der Waals surface area contributed by atoms with E-state index in [0.717, 1.165) is 12.8 Å². The van der Waals surface area contributed by atoms with Crippen LogP contribution < -0.4 is 0 Å². The summed E-state index contributed by atoms with van der Waals surface area (Å²) in [4.78, 5) is 15.5. The molecular weight excluding hydrogens is 220 g/mol. The molecule has 2 rings (SSSR count). The van der Waals surface area contributed by atoms with E-state index < -0.39 is 0 Å². The lowest BCUT2D eigenvalue weighted by atomic mass is 9.88. The van der Waals surface area contributed by atoms with Crippen LogP contribution in [0.2, 0.25) is 0 Å². The smallest absolute Gasteiger partial charge is 0.229 e. The minimum absolute atomic E-state index is 0.136. The Kier molecular flexibility index (Phi) is 3.89. The lowest BCUT2D eigenvalue weighted by Crippen LogP contribution is -2.12. The molecule has 1 aliphatic carbocycles. The quantitative estimate of drug-likeness (QED) is 0.805. The predicted octanol–water partition coefficient (Wildman–Crippen LogP) is 2.39. The maximum atomic E-state index is 11.2. The van der Waals surface area contributed by atoms with Gasteiger partial charge in [-0.1, -0.05) is 5.16 Å². The van der Waals surface area contributed by atoms with Gasteiger partial charge in [0.1, 0.15) is 11.9 Å². The van der Waals surface area contributed by atoms with Gasteiger partial charge in [-0.3, -0.25) is 4.79 Å². The van der Waals surface area contributed by atoms with Crippen molar-refractivity contribution in [3.8, 4) is 0 Å². The van der Waals surface area contributed by atoms with E-state index in [-0.39, 0.29) is 12.0 Å². The maximum absolute atomic E-state index is 11.2. The second-order valence-electron chi connectivity index (χ2n) is 4.40. The van der Waals surface area contributed by atoms with Gasteiger partial charge < -0.3 is 9.26 Å². The Morgan fingerprint density at radius 2 is 2.18 bits per heavy atom. The van der Waals surface area contributed by atoms with E-state index in [0.29, 0.717) is 36.9 Å². The summed E-state index contributed by atoms with van der Waals surface area (Å²) in [6, 6.07) is 0. The van der Waals surface area contributed by atoms with Crippen molar-refractivity contribution >= 4 is 5.78 Å². The molecule has 0 radical (unpaired) electrons. The van der Waals surface area contributed by atoms with Crippen LogP contribution in [0.25, 0.3) is 0 Å². The van der Waals surface area contributed by atoms with Gasteiger partial charge in [0.05, 0.1) is 0 Å². The largest absolute Gasteiger partial charge is 0.371 e. The molecule has 0 N–H and O–H groups in total. The lowest BCUT2D eigenvalue weighted by Gasteiger charge is -2.16. The fraction of sp³-hybridized carbons (Fsp3) is 0.750. The third-order valence-corrected chi connectivity index (χ3v) is 3.13. The van der Waals surface area contributed by atoms with Gasteiger partial charge in [-0.05, 0) is 26.7 Å². The third-order valence-electron chi connectivity index (χ3n) is 3.13. The standard InChI is InChI=1S/C12H18N2O3/c1-3-16-8(2)11-13-12(17-14-11)9-4-6-10(15)7-5-9/h8-9H,3-7H2,1-2H3. The maximum Gasteiger partial charge on any atom is 0.229 e. The molecule has 94 valence electrons. The first-order valence-electron chi connectivity index (χ1n) is 6.17. The SMILES string of the molecule is CCOC(C)c1noc(C2CCC(=O)CC2)n1. The van der Waals surface area contributed by atoms with Crippen molar-refractivity contribution in [2.45, 2.75) is 51.6 Å². The molecule has 5 heteroatoms. The van der Waals surface area contributed by atoms with Crippen molar-refractivity contribution in [1.82, 2.24) is 10.1 Å². The molecule has 1 aromatic heterocycles. The molecule has 1 atom stereocenters. The lowest BCUT2D eigenvalue weighted by molar-refractivity contribution is -0.120. The van der Waals surface area contributed by atoms with Crippen molar-refractivity contribution in [3.05, 3.63) is 11.7 Å². The molecule has 17 heavy (non-hydrogen) atoms. The van der Waals surface area contributed by atoms with Crippen molar-refractivity contribution in [1.29, 1.82) is 0 Å². The molecule has 0 aliphatic heterocycles. The molecule has 5 nitrogen and oxygen atoms in total. The minimum atomic E-state index is -0.136. The summed E-state index contributed by atoms with van der Waals surface area (Å²) in [6.45, 7) is 4.47. The van der Waals surface area contributed by atoms with Gasteiger partial charge in [0.25, 0.3) is 0 Å². The van der Waals surface area contributed by atoms with Gasteiger partial charge in [-0.15, -0.1) is 0 Å². The van der Waals surface area contributed by atoms with Crippen LogP contribution in [0.15, 0.2) is 4.52 Å². The minimum Gasteiger partial charge on any atom is -0.371 e. The van der Waals surface area contributed by atoms with Gasteiger partial charge in [-0.25, -0.2) is 0 Å². The molecule has 0 amide bonds. The average molecular weight is 238 g/mol. The van der Waals surface area contributed by atoms with E-state index in [1.165, 1.54) is 0 Å². The summed E-state index contributed by atoms with van der Waals surface area (Å²) in [5.74, 6) is 1.82. The van der Waals surface area contributed by atoms with E-state index in [2.05, 4.69) is 10.1 Å². The van der Waals surface area contributed by atoms with Crippen LogP contribution in [-0.2, 0) is 9.53 Å². The first-order chi connectivity index (χ1) is 8.20. The van der Waals surface area contributed by atoms with Crippen LogP contribution in [0.3, 0.4) is 0 Å². The normalized spacial score (nSPS) is 19.5. The first kappa shape index (κ1) is 12.2. The highest BCUT2D eigenvalue weighted by atomic mass is 16.5. The van der Waals surface area contributed by atoms with Gasteiger partial charge in [0.15, 0.2) is 5.82 Å². The Morgan fingerprint density at radius 1 is 1.47 bits per heavy atom. The highest BCUT2D eigenvalue weighted by Gasteiger charge is 2.25. The predicted molar refractivity (Wildman–Crippen MR) is 60.6 cm³/mol. The third kappa shape index (κ3) is 2.91. The zero-order valence-corrected chi connectivity index (χ0v) is 10.3. The van der Waals surface area contributed by atoms with Crippen LogP contribution in [0.5, 0.6) is 0 Å². The fourth-order valence-electron chi connectivity index (χ4n) is 2.09. The van der Waals surface area contributed by atoms with E-state index in [1.54, 1.807) is 0 Å². The number of Topliss-reactive ketones (excluding diaryl/α,β-unsaturated/α-hetero) is 1. The van der Waals surface area contributed by atoms with Crippen molar-refractivity contribution in [2.75, 3.05) is 6.61 Å². The number of hydrogen-bond donors (Lipinski definition) is 0. The molecular formula is C12H18N2O3. The number of rotatable bonds is 4. The zero-order chi connectivity index (χ0) is 12.3. The molecule has 1 heterocycles. The Balaban J connectivity index is 2.00. The molecule has 1 fully saturated rings. The van der Waals surface area contributed by atoms with Crippen molar-refractivity contribution in [2.24, 2.45) is 0 Å². The number of aromatic nitrogens is 2. The molecule has 0 saturated heterocycles. The molecule has 1 unspecified atom stereocenters. The van der Waals surface area contributed by atoms with Crippen LogP contribution in [0.1, 0.15) is 63.3 Å². The second-order valence-corrected chi connectivity index (χ2v) is 4.40. The van der Waals surface area contributed by atoms with E-state index >= 15 is 0 Å². The summed E-state index contributed by atoms with van der Waals surface area (Å²) in [5.41, 5.74) is 0. The average Bonchev–Trinajstić information content (AvgIpc) is 2.80. The monoisotopic (exact) mass is 238 g/mol. The Morgan fingerprint density at radius 3 is 2.82 bits per heavy atom. The number of carbonyl (C=O) groups excluding carboxylic acids is 1. The molecule has 1 aromatic rings. The number of carbonyl (C=O) groups is 1. The molecule has 1 saturated carbocycles. The van der Waals surface area contributed by atoms with E-state index in [1.807, 2.05) is 13.8 Å². The Bertz CT molecular complexity index is 379. The molecule has 0 aromatic carbocycles. The van der Waals surface area contributed by atoms with E-state index in [4.69, 9.17) is 9.26 Å². The van der Waals surface area contributed by atoms with Gasteiger partial charge >= 0.3 is 0 Å². The molecule has 1 aliphatic rings. The van der Waals surface area contributed by atoms with Gasteiger partial charge in [-0.2, -0.15) is 4.98 Å². The summed E-state index contributed by atoms with van der Waals surface area (Å²) in [5, 5.41) is 3.93. The topological polar surface area (TPSA) is 65.2 Å². The summed E-state index contributed by atoms with van der Waals surface area (Å²) in [6.07, 6.45) is 2.77. The van der Waals surface area contributed by atoms with Crippen LogP contribution >= 0.6 is 0 Å². The van der Waals surface area contributed by atoms with Crippen LogP contribution in [-0.4, -0.2) is 22.5 Å². The van der Waals surface area contributed by atoms with Crippen molar-refractivity contribution in [3.63, 3.8) is 0 Å². The Hall–Kier alpha value is -1.23. The first-order valence-corrected chi connectivity index (χ1v) is 6.17. The number of ether oxygens (including phenoxy) is 1. The van der Waals surface area contributed by atoms with Gasteiger partial charge in [0.2, 0.25) is 5.89 Å². The number of nitrogens with zero attached hydrogens (tertiary/aromatic N) is 2. The fourth-order valence-corrected chi connectivity index (χ4v) is 2.09. The number of hydrogen-bond acceptors (Lipinski definition) is 5. The summed E-state index contributed by atoms with van der Waals surface area (Å²) in [7, 11) is 0. The highest BCUT2D eigenvalue weighted by Crippen LogP contribution is 2.30. The zero-order valence-electron chi connectivity index (χ0n) is 10.3. The molecule has 0 spiro atoms. The number of ketones is 1. The van der Waals surface area contributed by atoms with Crippen LogP contribution in [0.4, 0.5) is 0 Å². The summed E-state index contributed by atoms with van der Waals surface area (Å²) < 4.78 is 10.7. The van der Waals surface area contributed by atoms with Crippen molar-refractivity contribution < 1.29 is 14.1 Å². The molecule has 0 bridgehead atoms. The second kappa shape index (κ2) is 5.40. The highest BCUT2D eigenvalue weighted by molar-refractivity contribution is 5.79. The Labute approximate surface area is 101 Å². The van der Waals surface area contributed by atoms with Gasteiger partial charge in [0, 0.05) is 25.4 Å². The van der Waals surface area contributed by atoms with E-state index in [9.17, 15) is 4.79 Å².